The lowest BCUT2D eigenvalue weighted by Gasteiger charge is -2.29. The molecule has 1 heterocycles. The first kappa shape index (κ1) is 14.6. The monoisotopic (exact) mass is 274 g/mol. The van der Waals surface area contributed by atoms with Gasteiger partial charge in [-0.25, -0.2) is 0 Å². The molecule has 1 unspecified atom stereocenters. The van der Waals surface area contributed by atoms with Crippen LogP contribution in [-0.4, -0.2) is 37.0 Å². The van der Waals surface area contributed by atoms with Crippen LogP contribution in [0.15, 0.2) is 24.3 Å². The molecule has 1 aliphatic rings. The molecule has 2 N–H and O–H groups in total. The number of nitrogens with two attached hydrogens (primary N) is 1. The van der Waals surface area contributed by atoms with Crippen LogP contribution in [0.25, 0.3) is 6.08 Å². The van der Waals surface area contributed by atoms with Gasteiger partial charge in [0.05, 0.1) is 7.11 Å². The Morgan fingerprint density at radius 2 is 2.30 bits per heavy atom. The molecule has 2 rings (SSSR count). The van der Waals surface area contributed by atoms with E-state index in [0.29, 0.717) is 6.54 Å². The summed E-state index contributed by atoms with van der Waals surface area (Å²) < 4.78 is 5.30. The molecule has 0 aromatic heterocycles. The molecular formula is C16H22N2O2. The Labute approximate surface area is 120 Å². The molecule has 4 heteroatoms. The lowest BCUT2D eigenvalue weighted by atomic mass is 10.1. The maximum Gasteiger partial charge on any atom is 0.246 e. The van der Waals surface area contributed by atoms with Crippen molar-refractivity contribution in [2.24, 2.45) is 5.73 Å². The molecule has 0 saturated carbocycles. The van der Waals surface area contributed by atoms with Crippen molar-refractivity contribution in [3.8, 4) is 5.75 Å². The van der Waals surface area contributed by atoms with Gasteiger partial charge in [-0.3, -0.25) is 4.79 Å². The third kappa shape index (κ3) is 3.61. The number of hydrogen-bond donors (Lipinski definition) is 1. The van der Waals surface area contributed by atoms with Crippen molar-refractivity contribution in [3.05, 3.63) is 35.4 Å². The Morgan fingerprint density at radius 3 is 3.00 bits per heavy atom. The fourth-order valence-corrected chi connectivity index (χ4v) is 2.46. The van der Waals surface area contributed by atoms with Crippen molar-refractivity contribution in [1.29, 1.82) is 0 Å². The van der Waals surface area contributed by atoms with E-state index in [-0.39, 0.29) is 11.9 Å². The Kier molecular flexibility index (Phi) is 4.79. The highest BCUT2D eigenvalue weighted by atomic mass is 16.5. The summed E-state index contributed by atoms with van der Waals surface area (Å²) in [4.78, 5) is 14.0. The van der Waals surface area contributed by atoms with Crippen LogP contribution in [0, 0.1) is 6.92 Å². The van der Waals surface area contributed by atoms with E-state index in [2.05, 4.69) is 0 Å². The van der Waals surface area contributed by atoms with Gasteiger partial charge in [0.2, 0.25) is 5.91 Å². The van der Waals surface area contributed by atoms with Gasteiger partial charge in [0.1, 0.15) is 5.75 Å². The highest BCUT2D eigenvalue weighted by Crippen LogP contribution is 2.21. The number of carbonyl (C=O) groups is 1. The highest BCUT2D eigenvalue weighted by Gasteiger charge is 2.19. The number of rotatable bonds is 3. The quantitative estimate of drug-likeness (QED) is 0.857. The fraction of sp³-hybridized carbons (Fsp3) is 0.438. The molecule has 1 saturated heterocycles. The zero-order chi connectivity index (χ0) is 14.5. The summed E-state index contributed by atoms with van der Waals surface area (Å²) in [5, 5.41) is 0. The van der Waals surface area contributed by atoms with Crippen molar-refractivity contribution in [2.75, 3.05) is 20.2 Å². The zero-order valence-electron chi connectivity index (χ0n) is 12.1. The van der Waals surface area contributed by atoms with Gasteiger partial charge in [-0.2, -0.15) is 0 Å². The molecule has 0 spiro atoms. The van der Waals surface area contributed by atoms with Crippen molar-refractivity contribution in [3.63, 3.8) is 0 Å². The van der Waals surface area contributed by atoms with E-state index in [9.17, 15) is 4.79 Å². The molecule has 1 fully saturated rings. The van der Waals surface area contributed by atoms with Crippen molar-refractivity contribution in [1.82, 2.24) is 4.90 Å². The molecule has 1 amide bonds. The summed E-state index contributed by atoms with van der Waals surface area (Å²) in [6.07, 6.45) is 5.40. The number of aryl methyl sites for hydroxylation is 1. The van der Waals surface area contributed by atoms with Gasteiger partial charge < -0.3 is 15.4 Å². The number of methoxy groups -OCH3 is 1. The van der Waals surface area contributed by atoms with Crippen LogP contribution in [0.4, 0.5) is 0 Å². The topological polar surface area (TPSA) is 55.6 Å². The number of amides is 1. The van der Waals surface area contributed by atoms with Crippen LogP contribution in [0.3, 0.4) is 0 Å². The number of ether oxygens (including phenoxy) is 1. The molecule has 108 valence electrons. The lowest BCUT2D eigenvalue weighted by molar-refractivity contribution is -0.127. The van der Waals surface area contributed by atoms with Crippen LogP contribution < -0.4 is 10.5 Å². The molecule has 0 bridgehead atoms. The number of piperidine rings is 1. The first-order chi connectivity index (χ1) is 9.60. The van der Waals surface area contributed by atoms with Gasteiger partial charge in [-0.05, 0) is 38.0 Å². The Hall–Kier alpha value is -1.81. The van der Waals surface area contributed by atoms with Gasteiger partial charge in [0.25, 0.3) is 0 Å². The summed E-state index contributed by atoms with van der Waals surface area (Å²) in [7, 11) is 1.63. The summed E-state index contributed by atoms with van der Waals surface area (Å²) in [6.45, 7) is 3.46. The van der Waals surface area contributed by atoms with E-state index in [1.54, 1.807) is 13.2 Å². The molecule has 0 radical (unpaired) electrons. The van der Waals surface area contributed by atoms with Crippen LogP contribution in [0.1, 0.15) is 24.0 Å². The van der Waals surface area contributed by atoms with Crippen LogP contribution >= 0.6 is 0 Å². The van der Waals surface area contributed by atoms with E-state index in [0.717, 1.165) is 36.3 Å². The minimum atomic E-state index is 0.0173. The number of carbonyl (C=O) groups excluding carboxylic acids is 1. The maximum atomic E-state index is 12.1. The molecule has 1 aromatic rings. The number of hydrogen-bond acceptors (Lipinski definition) is 3. The fourth-order valence-electron chi connectivity index (χ4n) is 2.46. The van der Waals surface area contributed by atoms with Crippen LogP contribution in [0.2, 0.25) is 0 Å². The van der Waals surface area contributed by atoms with E-state index in [4.69, 9.17) is 10.5 Å². The zero-order valence-corrected chi connectivity index (χ0v) is 12.1. The Balaban J connectivity index is 2.08. The summed E-state index contributed by atoms with van der Waals surface area (Å²) in [5.74, 6) is 0.790. The number of nitrogens with zero attached hydrogens (tertiary/aromatic N) is 1. The Bertz CT molecular complexity index is 511. The molecule has 1 aliphatic heterocycles. The van der Waals surface area contributed by atoms with Crippen LogP contribution in [-0.2, 0) is 4.79 Å². The van der Waals surface area contributed by atoms with Crippen molar-refractivity contribution < 1.29 is 9.53 Å². The number of benzene rings is 1. The predicted molar refractivity (Wildman–Crippen MR) is 80.6 cm³/mol. The minimum Gasteiger partial charge on any atom is -0.496 e. The summed E-state index contributed by atoms with van der Waals surface area (Å²) >= 11 is 0. The van der Waals surface area contributed by atoms with Crippen LogP contribution in [0.5, 0.6) is 5.75 Å². The standard InChI is InChI=1S/C16H22N2O2/c1-12-5-7-15(20-2)13(10-12)6-8-16(19)18-9-3-4-14(17)11-18/h5-8,10,14H,3-4,9,11,17H2,1-2H3/b8-6+. The first-order valence-corrected chi connectivity index (χ1v) is 6.97. The van der Waals surface area contributed by atoms with Gasteiger partial charge in [-0.15, -0.1) is 0 Å². The normalized spacial score (nSPS) is 19.4. The largest absolute Gasteiger partial charge is 0.496 e. The average Bonchev–Trinajstić information content (AvgIpc) is 2.45. The SMILES string of the molecule is COc1ccc(C)cc1/C=C/C(=O)N1CCCC(N)C1. The van der Waals surface area contributed by atoms with Gasteiger partial charge in [0.15, 0.2) is 0 Å². The third-order valence-corrected chi connectivity index (χ3v) is 3.56. The second kappa shape index (κ2) is 6.57. The van der Waals surface area contributed by atoms with E-state index in [1.165, 1.54) is 0 Å². The molecule has 4 nitrogen and oxygen atoms in total. The molecule has 0 aliphatic carbocycles. The maximum absolute atomic E-state index is 12.1. The van der Waals surface area contributed by atoms with Crippen molar-refractivity contribution >= 4 is 12.0 Å². The second-order valence-corrected chi connectivity index (χ2v) is 5.27. The van der Waals surface area contributed by atoms with E-state index < -0.39 is 0 Å². The molecular weight excluding hydrogens is 252 g/mol. The smallest absolute Gasteiger partial charge is 0.246 e. The Morgan fingerprint density at radius 1 is 1.50 bits per heavy atom. The van der Waals surface area contributed by atoms with Gasteiger partial charge in [-0.1, -0.05) is 11.6 Å². The molecule has 20 heavy (non-hydrogen) atoms. The van der Waals surface area contributed by atoms with Crippen molar-refractivity contribution in [2.45, 2.75) is 25.8 Å². The third-order valence-electron chi connectivity index (χ3n) is 3.56. The average molecular weight is 274 g/mol. The molecule has 1 atom stereocenters. The predicted octanol–water partition coefficient (Wildman–Crippen LogP) is 1.97. The number of likely N-dealkylation sites (tertiary alicyclic amines) is 1. The second-order valence-electron chi connectivity index (χ2n) is 5.27. The lowest BCUT2D eigenvalue weighted by Crippen LogP contribution is -2.45. The summed E-state index contributed by atoms with van der Waals surface area (Å²) in [6, 6.07) is 6.01. The minimum absolute atomic E-state index is 0.0173. The first-order valence-electron chi connectivity index (χ1n) is 6.97. The molecule has 1 aromatic carbocycles. The van der Waals surface area contributed by atoms with Gasteiger partial charge >= 0.3 is 0 Å². The van der Waals surface area contributed by atoms with E-state index >= 15 is 0 Å². The summed E-state index contributed by atoms with van der Waals surface area (Å²) in [5.41, 5.74) is 7.95. The highest BCUT2D eigenvalue weighted by molar-refractivity contribution is 5.92. The van der Waals surface area contributed by atoms with E-state index in [1.807, 2.05) is 36.1 Å². The van der Waals surface area contributed by atoms with Gasteiger partial charge in [0, 0.05) is 30.8 Å².